The Balaban J connectivity index is 1.74. The minimum Gasteiger partial charge on any atom is -0.393 e. The molecule has 31 heavy (non-hydrogen) atoms. The van der Waals surface area contributed by atoms with Gasteiger partial charge in [0.2, 0.25) is 0 Å². The van der Waals surface area contributed by atoms with E-state index in [-0.39, 0.29) is 10.7 Å². The van der Waals surface area contributed by atoms with Crippen LogP contribution in [0, 0.1) is 23.2 Å². The Labute approximate surface area is 189 Å². The van der Waals surface area contributed by atoms with E-state index < -0.39 is 22.0 Å². The minimum atomic E-state index is -2.99. The molecule has 3 aliphatic rings. The molecule has 0 amide bonds. The van der Waals surface area contributed by atoms with Crippen LogP contribution < -0.4 is 0 Å². The number of hydrogen-bond acceptors (Lipinski definition) is 4. The third kappa shape index (κ3) is 5.20. The monoisotopic (exact) mass is 450 g/mol. The summed E-state index contributed by atoms with van der Waals surface area (Å²) in [5, 5.41) is 19.9. The first-order valence-corrected chi connectivity index (χ1v) is 13.8. The van der Waals surface area contributed by atoms with E-state index in [2.05, 4.69) is 32.6 Å². The van der Waals surface area contributed by atoms with Crippen LogP contribution in [0.5, 0.6) is 0 Å². The zero-order valence-corrected chi connectivity index (χ0v) is 20.6. The summed E-state index contributed by atoms with van der Waals surface area (Å²) in [5.74, 6) is 1.80. The van der Waals surface area contributed by atoms with Crippen molar-refractivity contribution in [3.8, 4) is 0 Å². The van der Waals surface area contributed by atoms with E-state index in [4.69, 9.17) is 0 Å². The lowest BCUT2D eigenvalue weighted by Crippen LogP contribution is -2.36. The highest BCUT2D eigenvalue weighted by Crippen LogP contribution is 2.59. The maximum Gasteiger partial charge on any atom is 0.152 e. The van der Waals surface area contributed by atoms with Gasteiger partial charge in [0, 0.05) is 6.42 Å². The van der Waals surface area contributed by atoms with Crippen molar-refractivity contribution in [2.75, 3.05) is 5.75 Å². The predicted molar refractivity (Wildman–Crippen MR) is 127 cm³/mol. The van der Waals surface area contributed by atoms with Gasteiger partial charge in [-0.25, -0.2) is 8.42 Å². The molecule has 0 saturated heterocycles. The standard InChI is InChI=1S/C26H42O4S/c1-17(2)31(29,30)14-12-18(3)23-10-11-24-20(7-6-13-26(23,24)5)8-9-21-15-22(27)16-25(28)19(21)4/h8-9,17-18,22-25,27-28H,4,6-7,10-16H2,1-3,5H3/b20-8+,21-9-/t18-,22-,23-,24+,25+,26-/m1/s1. The predicted octanol–water partition coefficient (Wildman–Crippen LogP) is 4.98. The minimum absolute atomic E-state index is 0.228. The zero-order valence-electron chi connectivity index (χ0n) is 19.8. The molecule has 5 heteroatoms. The Morgan fingerprint density at radius 2 is 1.90 bits per heavy atom. The zero-order chi connectivity index (χ0) is 23.0. The van der Waals surface area contributed by atoms with Gasteiger partial charge in [0.15, 0.2) is 9.84 Å². The van der Waals surface area contributed by atoms with E-state index in [0.29, 0.717) is 36.3 Å². The van der Waals surface area contributed by atoms with Crippen LogP contribution in [0.2, 0.25) is 0 Å². The van der Waals surface area contributed by atoms with Crippen LogP contribution in [0.1, 0.15) is 79.1 Å². The van der Waals surface area contributed by atoms with Gasteiger partial charge in [0.05, 0.1) is 23.2 Å². The molecule has 0 aliphatic heterocycles. The van der Waals surface area contributed by atoms with Gasteiger partial charge in [-0.2, -0.15) is 0 Å². The second kappa shape index (κ2) is 9.52. The van der Waals surface area contributed by atoms with Crippen molar-refractivity contribution in [1.82, 2.24) is 0 Å². The highest BCUT2D eigenvalue weighted by molar-refractivity contribution is 7.91. The van der Waals surface area contributed by atoms with Gasteiger partial charge in [-0.1, -0.05) is 38.2 Å². The maximum absolute atomic E-state index is 12.3. The molecule has 4 nitrogen and oxygen atoms in total. The number of aliphatic hydroxyl groups is 2. The molecule has 3 fully saturated rings. The Kier molecular flexibility index (Phi) is 7.60. The first-order chi connectivity index (χ1) is 14.5. The van der Waals surface area contributed by atoms with E-state index in [0.717, 1.165) is 24.0 Å². The third-order valence-corrected chi connectivity index (χ3v) is 10.8. The first kappa shape index (κ1) is 24.7. The summed E-state index contributed by atoms with van der Waals surface area (Å²) < 4.78 is 24.6. The lowest BCUT2D eigenvalue weighted by molar-refractivity contribution is 0.0861. The van der Waals surface area contributed by atoms with Gasteiger partial charge < -0.3 is 10.2 Å². The molecular weight excluding hydrogens is 408 g/mol. The topological polar surface area (TPSA) is 74.6 Å². The largest absolute Gasteiger partial charge is 0.393 e. The molecule has 0 aromatic carbocycles. The second-order valence-electron chi connectivity index (χ2n) is 10.8. The van der Waals surface area contributed by atoms with Crippen molar-refractivity contribution >= 4 is 9.84 Å². The van der Waals surface area contributed by atoms with E-state index >= 15 is 0 Å². The SMILES string of the molecule is C=C1/C(=C\C=C2/CCC[C@]3(C)[C@@H]([C@H](C)CCS(=O)(=O)C(C)C)CC[C@@H]23)C[C@@H](O)C[C@@H]1O. The Hall–Kier alpha value is -0.910. The first-order valence-electron chi connectivity index (χ1n) is 12.1. The van der Waals surface area contributed by atoms with E-state index in [1.807, 2.05) is 0 Å². The smallest absolute Gasteiger partial charge is 0.152 e. The van der Waals surface area contributed by atoms with Crippen molar-refractivity contribution in [3.05, 3.63) is 35.5 Å². The third-order valence-electron chi connectivity index (χ3n) is 8.56. The number of hydrogen-bond donors (Lipinski definition) is 2. The van der Waals surface area contributed by atoms with Gasteiger partial charge >= 0.3 is 0 Å². The fourth-order valence-electron chi connectivity index (χ4n) is 6.47. The van der Waals surface area contributed by atoms with Gasteiger partial charge in [0.1, 0.15) is 0 Å². The summed E-state index contributed by atoms with van der Waals surface area (Å²) in [6.07, 6.45) is 10.7. The maximum atomic E-state index is 12.3. The van der Waals surface area contributed by atoms with Gasteiger partial charge in [0.25, 0.3) is 0 Å². The molecule has 0 aromatic heterocycles. The molecule has 3 rings (SSSR count). The molecule has 0 unspecified atom stereocenters. The normalized spacial score (nSPS) is 38.1. The molecule has 3 aliphatic carbocycles. The van der Waals surface area contributed by atoms with Crippen molar-refractivity contribution in [1.29, 1.82) is 0 Å². The summed E-state index contributed by atoms with van der Waals surface area (Å²) in [6.45, 7) is 12.3. The van der Waals surface area contributed by atoms with Crippen LogP contribution in [-0.4, -0.2) is 41.8 Å². The van der Waals surface area contributed by atoms with Crippen LogP contribution in [0.3, 0.4) is 0 Å². The van der Waals surface area contributed by atoms with Gasteiger partial charge in [-0.3, -0.25) is 0 Å². The van der Waals surface area contributed by atoms with Crippen LogP contribution in [0.4, 0.5) is 0 Å². The average molecular weight is 451 g/mol. The molecule has 0 heterocycles. The summed E-state index contributed by atoms with van der Waals surface area (Å²) >= 11 is 0. The number of allylic oxidation sites excluding steroid dienone is 3. The number of sulfone groups is 1. The van der Waals surface area contributed by atoms with Crippen molar-refractivity contribution in [2.45, 2.75) is 96.5 Å². The number of rotatable bonds is 6. The van der Waals surface area contributed by atoms with Crippen LogP contribution in [-0.2, 0) is 9.84 Å². The van der Waals surface area contributed by atoms with E-state index in [9.17, 15) is 18.6 Å². The summed E-state index contributed by atoms with van der Waals surface area (Å²) in [4.78, 5) is 0. The fraction of sp³-hybridized carbons (Fsp3) is 0.769. The highest BCUT2D eigenvalue weighted by atomic mass is 32.2. The number of aliphatic hydroxyl groups excluding tert-OH is 2. The molecule has 0 bridgehead atoms. The molecular formula is C26H42O4S. The highest BCUT2D eigenvalue weighted by Gasteiger charge is 2.50. The lowest BCUT2D eigenvalue weighted by atomic mass is 9.61. The van der Waals surface area contributed by atoms with E-state index in [1.165, 1.54) is 31.3 Å². The summed E-state index contributed by atoms with van der Waals surface area (Å²) in [6, 6.07) is 0. The van der Waals surface area contributed by atoms with Crippen LogP contribution in [0.15, 0.2) is 35.5 Å². The molecule has 0 radical (unpaired) electrons. The fourth-order valence-corrected chi connectivity index (χ4v) is 7.64. The molecule has 6 atom stereocenters. The molecule has 176 valence electrons. The average Bonchev–Trinajstić information content (AvgIpc) is 3.05. The summed E-state index contributed by atoms with van der Waals surface area (Å²) in [5.41, 5.74) is 3.41. The van der Waals surface area contributed by atoms with Crippen LogP contribution >= 0.6 is 0 Å². The molecule has 0 spiro atoms. The molecule has 2 N–H and O–H groups in total. The Morgan fingerprint density at radius 3 is 2.58 bits per heavy atom. The van der Waals surface area contributed by atoms with Crippen molar-refractivity contribution in [2.24, 2.45) is 23.2 Å². The quantitative estimate of drug-likeness (QED) is 0.599. The number of fused-ring (bicyclic) bond motifs is 1. The Bertz CT molecular complexity index is 837. The molecule has 3 saturated carbocycles. The van der Waals surface area contributed by atoms with Gasteiger partial charge in [-0.05, 0) is 93.1 Å². The van der Waals surface area contributed by atoms with Crippen molar-refractivity contribution < 1.29 is 18.6 Å². The lowest BCUT2D eigenvalue weighted by Gasteiger charge is -2.44. The Morgan fingerprint density at radius 1 is 1.19 bits per heavy atom. The van der Waals surface area contributed by atoms with Crippen LogP contribution in [0.25, 0.3) is 0 Å². The second-order valence-corrected chi connectivity index (χ2v) is 13.5. The molecule has 0 aromatic rings. The van der Waals surface area contributed by atoms with Gasteiger partial charge in [-0.15, -0.1) is 0 Å². The van der Waals surface area contributed by atoms with E-state index in [1.54, 1.807) is 13.8 Å². The summed E-state index contributed by atoms with van der Waals surface area (Å²) in [7, 11) is -2.99. The van der Waals surface area contributed by atoms with Crippen molar-refractivity contribution in [3.63, 3.8) is 0 Å².